The highest BCUT2D eigenvalue weighted by Gasteiger charge is 2.27. The topological polar surface area (TPSA) is 35.6 Å². The summed E-state index contributed by atoms with van der Waals surface area (Å²) < 4.78 is 0. The van der Waals surface area contributed by atoms with Gasteiger partial charge in [0.05, 0.1) is 6.04 Å². The maximum Gasteiger partial charge on any atom is 0.239 e. The third kappa shape index (κ3) is 4.25. The summed E-state index contributed by atoms with van der Waals surface area (Å²) in [5, 5.41) is 3.28. The van der Waals surface area contributed by atoms with Crippen molar-refractivity contribution in [3.63, 3.8) is 0 Å². The molecule has 0 aromatic carbocycles. The molecule has 1 aliphatic heterocycles. The summed E-state index contributed by atoms with van der Waals surface area (Å²) >= 11 is 0. The molecule has 1 rings (SSSR count). The second-order valence-electron chi connectivity index (χ2n) is 5.32. The average molecular weight is 255 g/mol. The van der Waals surface area contributed by atoms with Crippen molar-refractivity contribution in [2.75, 3.05) is 33.2 Å². The molecule has 106 valence electrons. The van der Waals surface area contributed by atoms with E-state index in [2.05, 4.69) is 38.0 Å². The minimum atomic E-state index is 0.0534. The Morgan fingerprint density at radius 3 is 2.83 bits per heavy atom. The highest BCUT2D eigenvalue weighted by molar-refractivity contribution is 5.82. The highest BCUT2D eigenvalue weighted by Crippen LogP contribution is 2.12. The minimum absolute atomic E-state index is 0.0534. The molecule has 0 aliphatic carbocycles. The fraction of sp³-hybridized carbons (Fsp3) is 0.929. The number of likely N-dealkylation sites (N-methyl/N-ethyl adjacent to an activating group) is 2. The molecule has 2 unspecified atom stereocenters. The summed E-state index contributed by atoms with van der Waals surface area (Å²) in [7, 11) is 2.14. The summed E-state index contributed by atoms with van der Waals surface area (Å²) in [4.78, 5) is 16.6. The fourth-order valence-corrected chi connectivity index (χ4v) is 2.41. The van der Waals surface area contributed by atoms with E-state index < -0.39 is 0 Å². The van der Waals surface area contributed by atoms with Crippen LogP contribution in [0.15, 0.2) is 0 Å². The van der Waals surface area contributed by atoms with E-state index in [1.54, 1.807) is 0 Å². The van der Waals surface area contributed by atoms with Gasteiger partial charge in [0, 0.05) is 25.7 Å². The lowest BCUT2D eigenvalue weighted by molar-refractivity contribution is -0.136. The maximum atomic E-state index is 12.2. The Hall–Kier alpha value is -0.610. The van der Waals surface area contributed by atoms with Crippen molar-refractivity contribution in [1.29, 1.82) is 0 Å². The molecule has 1 saturated heterocycles. The van der Waals surface area contributed by atoms with Crippen LogP contribution in [0.5, 0.6) is 0 Å². The van der Waals surface area contributed by atoms with Gasteiger partial charge in [0.15, 0.2) is 0 Å². The molecule has 1 N–H and O–H groups in total. The Kier molecular flexibility index (Phi) is 6.65. The van der Waals surface area contributed by atoms with E-state index >= 15 is 0 Å². The number of nitrogens with one attached hydrogen (secondary N) is 1. The Morgan fingerprint density at radius 1 is 1.50 bits per heavy atom. The van der Waals surface area contributed by atoms with Crippen molar-refractivity contribution >= 4 is 5.91 Å². The Balaban J connectivity index is 2.39. The first kappa shape index (κ1) is 15.4. The summed E-state index contributed by atoms with van der Waals surface area (Å²) in [6.45, 7) is 10.1. The Morgan fingerprint density at radius 2 is 2.22 bits per heavy atom. The number of rotatable bonds is 7. The summed E-state index contributed by atoms with van der Waals surface area (Å²) in [6.07, 6.45) is 3.27. The maximum absolute atomic E-state index is 12.2. The number of likely N-dealkylation sites (tertiary alicyclic amines) is 1. The molecule has 0 aromatic rings. The van der Waals surface area contributed by atoms with Crippen LogP contribution in [-0.2, 0) is 4.79 Å². The summed E-state index contributed by atoms with van der Waals surface area (Å²) in [5.74, 6) is 0.292. The van der Waals surface area contributed by atoms with E-state index in [1.165, 1.54) is 0 Å². The Labute approximate surface area is 112 Å². The third-order valence-corrected chi connectivity index (χ3v) is 4.05. The van der Waals surface area contributed by atoms with Gasteiger partial charge in [-0.2, -0.15) is 0 Å². The van der Waals surface area contributed by atoms with Crippen molar-refractivity contribution in [2.45, 2.75) is 52.1 Å². The SMILES string of the molecule is CCNC1CCCN(CCN(C)C(C)CC)C1=O. The van der Waals surface area contributed by atoms with E-state index in [-0.39, 0.29) is 6.04 Å². The molecule has 1 aliphatic rings. The van der Waals surface area contributed by atoms with Crippen LogP contribution in [0.2, 0.25) is 0 Å². The molecule has 4 heteroatoms. The van der Waals surface area contributed by atoms with Crippen molar-refractivity contribution in [3.05, 3.63) is 0 Å². The van der Waals surface area contributed by atoms with Gasteiger partial charge in [-0.3, -0.25) is 4.79 Å². The van der Waals surface area contributed by atoms with Gasteiger partial charge in [-0.15, -0.1) is 0 Å². The number of carbonyl (C=O) groups is 1. The van der Waals surface area contributed by atoms with Crippen LogP contribution in [0.1, 0.15) is 40.0 Å². The van der Waals surface area contributed by atoms with Crippen LogP contribution < -0.4 is 5.32 Å². The van der Waals surface area contributed by atoms with Gasteiger partial charge in [0.2, 0.25) is 5.91 Å². The molecule has 0 spiro atoms. The third-order valence-electron chi connectivity index (χ3n) is 4.05. The predicted octanol–water partition coefficient (Wildman–Crippen LogP) is 1.32. The highest BCUT2D eigenvalue weighted by atomic mass is 16.2. The molecule has 1 heterocycles. The standard InChI is InChI=1S/C14H29N3O/c1-5-12(3)16(4)10-11-17-9-7-8-13(14(17)18)15-6-2/h12-13,15H,5-11H2,1-4H3. The van der Waals surface area contributed by atoms with Crippen molar-refractivity contribution in [2.24, 2.45) is 0 Å². The molecule has 4 nitrogen and oxygen atoms in total. The van der Waals surface area contributed by atoms with Crippen molar-refractivity contribution in [3.8, 4) is 0 Å². The zero-order valence-corrected chi connectivity index (χ0v) is 12.4. The van der Waals surface area contributed by atoms with Crippen LogP contribution in [0.25, 0.3) is 0 Å². The van der Waals surface area contributed by atoms with E-state index in [4.69, 9.17) is 0 Å². The normalized spacial score (nSPS) is 22.6. The van der Waals surface area contributed by atoms with Gasteiger partial charge in [0.25, 0.3) is 0 Å². The van der Waals surface area contributed by atoms with Gasteiger partial charge in [0.1, 0.15) is 0 Å². The number of nitrogens with zero attached hydrogens (tertiary/aromatic N) is 2. The lowest BCUT2D eigenvalue weighted by atomic mass is 10.0. The minimum Gasteiger partial charge on any atom is -0.340 e. The van der Waals surface area contributed by atoms with Crippen molar-refractivity contribution < 1.29 is 4.79 Å². The molecule has 1 fully saturated rings. The molecule has 0 bridgehead atoms. The van der Waals surface area contributed by atoms with E-state index in [0.29, 0.717) is 11.9 Å². The van der Waals surface area contributed by atoms with Gasteiger partial charge >= 0.3 is 0 Å². The second kappa shape index (κ2) is 7.74. The van der Waals surface area contributed by atoms with Crippen LogP contribution in [0.3, 0.4) is 0 Å². The molecule has 1 amide bonds. The number of carbonyl (C=O) groups excluding carboxylic acids is 1. The van der Waals surface area contributed by atoms with Gasteiger partial charge in [-0.05, 0) is 39.8 Å². The van der Waals surface area contributed by atoms with Crippen LogP contribution in [0.4, 0.5) is 0 Å². The smallest absolute Gasteiger partial charge is 0.239 e. The van der Waals surface area contributed by atoms with Crippen molar-refractivity contribution in [1.82, 2.24) is 15.1 Å². The number of amides is 1. The molecule has 0 radical (unpaired) electrons. The Bertz CT molecular complexity index is 255. The van der Waals surface area contributed by atoms with E-state index in [9.17, 15) is 4.79 Å². The van der Waals surface area contributed by atoms with Gasteiger partial charge < -0.3 is 15.1 Å². The molecular weight excluding hydrogens is 226 g/mol. The molecule has 2 atom stereocenters. The zero-order chi connectivity index (χ0) is 13.5. The van der Waals surface area contributed by atoms with E-state index in [0.717, 1.165) is 45.4 Å². The molecule has 0 saturated carbocycles. The van der Waals surface area contributed by atoms with Crippen LogP contribution in [-0.4, -0.2) is 61.0 Å². The first-order valence-electron chi connectivity index (χ1n) is 7.32. The number of piperidine rings is 1. The molecule has 18 heavy (non-hydrogen) atoms. The van der Waals surface area contributed by atoms with Gasteiger partial charge in [-0.25, -0.2) is 0 Å². The summed E-state index contributed by atoms with van der Waals surface area (Å²) in [6, 6.07) is 0.645. The molecular formula is C14H29N3O. The van der Waals surface area contributed by atoms with Gasteiger partial charge in [-0.1, -0.05) is 13.8 Å². The van der Waals surface area contributed by atoms with E-state index in [1.807, 2.05) is 4.90 Å². The van der Waals surface area contributed by atoms with Crippen LogP contribution >= 0.6 is 0 Å². The lowest BCUT2D eigenvalue weighted by Gasteiger charge is -2.34. The number of hydrogen-bond acceptors (Lipinski definition) is 3. The summed E-state index contributed by atoms with van der Waals surface area (Å²) in [5.41, 5.74) is 0. The molecule has 0 aromatic heterocycles. The predicted molar refractivity (Wildman–Crippen MR) is 75.7 cm³/mol. The first-order chi connectivity index (χ1) is 8.60. The fourth-order valence-electron chi connectivity index (χ4n) is 2.41. The monoisotopic (exact) mass is 255 g/mol. The number of hydrogen-bond donors (Lipinski definition) is 1. The zero-order valence-electron chi connectivity index (χ0n) is 12.4. The lowest BCUT2D eigenvalue weighted by Crippen LogP contribution is -2.52. The average Bonchev–Trinajstić information content (AvgIpc) is 2.38. The largest absolute Gasteiger partial charge is 0.340 e. The quantitative estimate of drug-likeness (QED) is 0.745. The second-order valence-corrected chi connectivity index (χ2v) is 5.32. The van der Waals surface area contributed by atoms with Crippen LogP contribution in [0, 0.1) is 0 Å². The first-order valence-corrected chi connectivity index (χ1v) is 7.32.